The molecule has 0 saturated carbocycles. The molecule has 1 heterocycles. The van der Waals surface area contributed by atoms with E-state index >= 15 is 0 Å². The van der Waals surface area contributed by atoms with Crippen LogP contribution in [-0.2, 0) is 6.42 Å². The van der Waals surface area contributed by atoms with Gasteiger partial charge in [0.15, 0.2) is 0 Å². The lowest BCUT2D eigenvalue weighted by atomic mass is 9.76. The topological polar surface area (TPSA) is 53.6 Å². The molecule has 1 aromatic carbocycles. The van der Waals surface area contributed by atoms with Gasteiger partial charge >= 0.3 is 7.12 Å². The summed E-state index contributed by atoms with van der Waals surface area (Å²) in [5, 5.41) is 18.3. The van der Waals surface area contributed by atoms with E-state index in [-0.39, 0.29) is 0 Å². The molecule has 76 valence electrons. The Morgan fingerprint density at radius 2 is 1.87 bits per heavy atom. The number of hydrogen-bond donors (Lipinski definition) is 2. The van der Waals surface area contributed by atoms with Crippen LogP contribution in [0.2, 0.25) is 0 Å². The maximum absolute atomic E-state index is 9.16. The average molecular weight is 202 g/mol. The van der Waals surface area contributed by atoms with Crippen LogP contribution < -0.4 is 5.46 Å². The average Bonchev–Trinajstić information content (AvgIpc) is 2.71. The summed E-state index contributed by atoms with van der Waals surface area (Å²) in [7, 11) is -1.43. The second-order valence-corrected chi connectivity index (χ2v) is 3.33. The van der Waals surface area contributed by atoms with Gasteiger partial charge in [-0.05, 0) is 23.2 Å². The largest absolute Gasteiger partial charge is 0.488 e. The molecule has 0 saturated heterocycles. The Balaban J connectivity index is 2.28. The predicted molar refractivity (Wildman–Crippen MR) is 57.8 cm³/mol. The van der Waals surface area contributed by atoms with Crippen LogP contribution in [0.25, 0.3) is 0 Å². The fourth-order valence-corrected chi connectivity index (χ4v) is 1.55. The minimum atomic E-state index is -1.43. The molecular formula is C11H11BO3. The molecule has 0 aliphatic heterocycles. The summed E-state index contributed by atoms with van der Waals surface area (Å²) in [4.78, 5) is 0. The molecule has 0 fully saturated rings. The highest BCUT2D eigenvalue weighted by atomic mass is 16.4. The fourth-order valence-electron chi connectivity index (χ4n) is 1.55. The van der Waals surface area contributed by atoms with E-state index in [1.54, 1.807) is 18.4 Å². The van der Waals surface area contributed by atoms with Crippen LogP contribution in [0.3, 0.4) is 0 Å². The lowest BCUT2D eigenvalue weighted by Gasteiger charge is -2.06. The van der Waals surface area contributed by atoms with Gasteiger partial charge in [-0.2, -0.15) is 0 Å². The Bertz CT molecular complexity index is 423. The Morgan fingerprint density at radius 3 is 2.53 bits per heavy atom. The number of benzene rings is 1. The minimum absolute atomic E-state index is 0.522. The van der Waals surface area contributed by atoms with Crippen molar-refractivity contribution in [2.45, 2.75) is 6.42 Å². The Morgan fingerprint density at radius 1 is 1.07 bits per heavy atom. The molecule has 0 aliphatic rings. The molecule has 0 spiro atoms. The van der Waals surface area contributed by atoms with Crippen molar-refractivity contribution >= 4 is 12.6 Å². The van der Waals surface area contributed by atoms with Crippen molar-refractivity contribution in [1.29, 1.82) is 0 Å². The zero-order valence-corrected chi connectivity index (χ0v) is 8.13. The zero-order valence-electron chi connectivity index (χ0n) is 8.13. The molecule has 0 radical (unpaired) electrons. The number of hydrogen-bond acceptors (Lipinski definition) is 3. The highest BCUT2D eigenvalue weighted by Crippen LogP contribution is 2.08. The van der Waals surface area contributed by atoms with Gasteiger partial charge in [0.05, 0.1) is 6.26 Å². The van der Waals surface area contributed by atoms with Crippen molar-refractivity contribution in [3.05, 3.63) is 54.0 Å². The normalized spacial score (nSPS) is 10.3. The third-order valence-electron chi connectivity index (χ3n) is 2.28. The van der Waals surface area contributed by atoms with Crippen molar-refractivity contribution in [3.8, 4) is 0 Å². The minimum Gasteiger partial charge on any atom is -0.469 e. The van der Waals surface area contributed by atoms with Crippen LogP contribution >= 0.6 is 0 Å². The second kappa shape index (κ2) is 4.34. The number of rotatable bonds is 3. The lowest BCUT2D eigenvalue weighted by Crippen LogP contribution is -2.32. The Labute approximate surface area is 88.1 Å². The molecule has 0 aliphatic carbocycles. The third kappa shape index (κ3) is 2.29. The van der Waals surface area contributed by atoms with Crippen LogP contribution in [-0.4, -0.2) is 17.2 Å². The van der Waals surface area contributed by atoms with Crippen LogP contribution in [0.1, 0.15) is 11.3 Å². The van der Waals surface area contributed by atoms with Crippen molar-refractivity contribution < 1.29 is 14.5 Å². The Hall–Kier alpha value is -1.52. The van der Waals surface area contributed by atoms with Crippen molar-refractivity contribution in [3.63, 3.8) is 0 Å². The molecule has 15 heavy (non-hydrogen) atoms. The molecule has 4 heteroatoms. The van der Waals surface area contributed by atoms with Crippen LogP contribution in [0.5, 0.6) is 0 Å². The zero-order chi connectivity index (χ0) is 10.7. The van der Waals surface area contributed by atoms with E-state index in [0.717, 1.165) is 11.3 Å². The van der Waals surface area contributed by atoms with E-state index < -0.39 is 7.12 Å². The van der Waals surface area contributed by atoms with Gasteiger partial charge in [0.1, 0.15) is 5.76 Å². The molecule has 3 nitrogen and oxygen atoms in total. The van der Waals surface area contributed by atoms with Crippen molar-refractivity contribution in [2.24, 2.45) is 0 Å². The lowest BCUT2D eigenvalue weighted by molar-refractivity contribution is 0.425. The first-order valence-electron chi connectivity index (χ1n) is 4.73. The van der Waals surface area contributed by atoms with Gasteiger partial charge in [-0.3, -0.25) is 0 Å². The number of furan rings is 1. The van der Waals surface area contributed by atoms with Gasteiger partial charge in [-0.1, -0.05) is 24.3 Å². The van der Waals surface area contributed by atoms with E-state index in [0.29, 0.717) is 11.9 Å². The standard InChI is InChI=1S/C11H11BO3/c13-12(14)11-6-2-1-4-9(11)8-10-5-3-7-15-10/h1-7,13-14H,8H2. The smallest absolute Gasteiger partial charge is 0.469 e. The monoisotopic (exact) mass is 202 g/mol. The molecule has 2 aromatic rings. The van der Waals surface area contributed by atoms with E-state index in [1.165, 1.54) is 0 Å². The highest BCUT2D eigenvalue weighted by molar-refractivity contribution is 6.59. The highest BCUT2D eigenvalue weighted by Gasteiger charge is 2.15. The van der Waals surface area contributed by atoms with Crippen LogP contribution in [0.4, 0.5) is 0 Å². The first kappa shape index (κ1) is 10.0. The molecule has 2 rings (SSSR count). The molecule has 0 amide bonds. The second-order valence-electron chi connectivity index (χ2n) is 3.33. The van der Waals surface area contributed by atoms with Gasteiger partial charge in [0.2, 0.25) is 0 Å². The van der Waals surface area contributed by atoms with Gasteiger partial charge in [0, 0.05) is 6.42 Å². The summed E-state index contributed by atoms with van der Waals surface area (Å²) < 4.78 is 5.21. The summed E-state index contributed by atoms with van der Waals surface area (Å²) >= 11 is 0. The van der Waals surface area contributed by atoms with Gasteiger partial charge < -0.3 is 14.5 Å². The predicted octanol–water partition coefficient (Wildman–Crippen LogP) is 0.550. The molecular weight excluding hydrogens is 191 g/mol. The van der Waals surface area contributed by atoms with Crippen LogP contribution in [0.15, 0.2) is 47.1 Å². The van der Waals surface area contributed by atoms with Crippen LogP contribution in [0, 0.1) is 0 Å². The van der Waals surface area contributed by atoms with E-state index in [2.05, 4.69) is 0 Å². The van der Waals surface area contributed by atoms with E-state index in [1.807, 2.05) is 24.3 Å². The fraction of sp³-hybridized carbons (Fsp3) is 0.0909. The Kier molecular flexibility index (Phi) is 2.90. The molecule has 0 unspecified atom stereocenters. The third-order valence-corrected chi connectivity index (χ3v) is 2.28. The van der Waals surface area contributed by atoms with Gasteiger partial charge in [-0.15, -0.1) is 0 Å². The van der Waals surface area contributed by atoms with E-state index in [9.17, 15) is 0 Å². The van der Waals surface area contributed by atoms with Gasteiger partial charge in [-0.25, -0.2) is 0 Å². The molecule has 0 atom stereocenters. The quantitative estimate of drug-likeness (QED) is 0.714. The summed E-state index contributed by atoms with van der Waals surface area (Å²) in [6.45, 7) is 0. The first-order chi connectivity index (χ1) is 7.27. The molecule has 2 N–H and O–H groups in total. The maximum Gasteiger partial charge on any atom is 0.488 e. The maximum atomic E-state index is 9.16. The first-order valence-corrected chi connectivity index (χ1v) is 4.73. The SMILES string of the molecule is OB(O)c1ccccc1Cc1ccco1. The van der Waals surface area contributed by atoms with Gasteiger partial charge in [0.25, 0.3) is 0 Å². The molecule has 0 bridgehead atoms. The van der Waals surface area contributed by atoms with E-state index in [4.69, 9.17) is 14.5 Å². The summed E-state index contributed by atoms with van der Waals surface area (Å²) in [5.41, 5.74) is 1.39. The molecule has 1 aromatic heterocycles. The summed E-state index contributed by atoms with van der Waals surface area (Å²) in [6.07, 6.45) is 2.17. The van der Waals surface area contributed by atoms with Crippen molar-refractivity contribution in [2.75, 3.05) is 0 Å². The summed E-state index contributed by atoms with van der Waals surface area (Å²) in [5.74, 6) is 0.808. The van der Waals surface area contributed by atoms with Crippen molar-refractivity contribution in [1.82, 2.24) is 0 Å². The summed E-state index contributed by atoms with van der Waals surface area (Å²) in [6, 6.07) is 10.9.